The summed E-state index contributed by atoms with van der Waals surface area (Å²) < 4.78 is 100. The standard InChI is InChI=1S/C18H15ClF6N2O3S/c1-2-15(26-30-10-11-3-5-12(6-4-11)17(20,21)22)14-9-13(19)7-8-16(14)27-31(28,29)18(23,24)25/h3-9,27H,2,10H2,1H3/b26-15+. The Balaban J connectivity index is 2.25. The second-order valence-electron chi connectivity index (χ2n) is 6.10. The van der Waals surface area contributed by atoms with Gasteiger partial charge in [0, 0.05) is 10.6 Å². The predicted octanol–water partition coefficient (Wildman–Crippen LogP) is 5.95. The lowest BCUT2D eigenvalue weighted by atomic mass is 10.1. The molecule has 0 aliphatic rings. The van der Waals surface area contributed by atoms with E-state index in [1.54, 1.807) is 6.92 Å². The van der Waals surface area contributed by atoms with E-state index in [1.165, 1.54) is 29.0 Å². The number of nitrogens with one attached hydrogen (secondary N) is 1. The Morgan fingerprint density at radius 1 is 1.06 bits per heavy atom. The third kappa shape index (κ3) is 6.50. The maximum Gasteiger partial charge on any atom is 0.516 e. The van der Waals surface area contributed by atoms with Crippen LogP contribution >= 0.6 is 11.6 Å². The van der Waals surface area contributed by atoms with Crippen molar-refractivity contribution < 1.29 is 39.6 Å². The molecule has 2 aromatic carbocycles. The molecule has 170 valence electrons. The molecule has 5 nitrogen and oxygen atoms in total. The van der Waals surface area contributed by atoms with Crippen LogP contribution in [0.3, 0.4) is 0 Å². The summed E-state index contributed by atoms with van der Waals surface area (Å²) in [7, 11) is -5.69. The number of hydrogen-bond donors (Lipinski definition) is 1. The second-order valence-corrected chi connectivity index (χ2v) is 8.21. The molecule has 1 N–H and O–H groups in total. The van der Waals surface area contributed by atoms with Crippen LogP contribution < -0.4 is 4.72 Å². The van der Waals surface area contributed by atoms with Gasteiger partial charge in [0.1, 0.15) is 6.61 Å². The van der Waals surface area contributed by atoms with Gasteiger partial charge in [-0.1, -0.05) is 35.8 Å². The van der Waals surface area contributed by atoms with Crippen LogP contribution in [0.15, 0.2) is 47.6 Å². The summed E-state index contributed by atoms with van der Waals surface area (Å²) in [6.45, 7) is 1.36. The molecule has 2 aromatic rings. The molecule has 0 spiro atoms. The molecule has 13 heteroatoms. The van der Waals surface area contributed by atoms with E-state index >= 15 is 0 Å². The summed E-state index contributed by atoms with van der Waals surface area (Å²) in [6, 6.07) is 7.55. The van der Waals surface area contributed by atoms with E-state index in [2.05, 4.69) is 5.16 Å². The van der Waals surface area contributed by atoms with Crippen molar-refractivity contribution >= 4 is 33.0 Å². The average molecular weight is 489 g/mol. The zero-order chi connectivity index (χ0) is 23.4. The Kier molecular flexibility index (Phi) is 7.48. The Bertz CT molecular complexity index is 1050. The SMILES string of the molecule is CC/C(=N\OCc1ccc(C(F)(F)F)cc1)c1cc(Cl)ccc1NS(=O)(=O)C(F)(F)F. The highest BCUT2D eigenvalue weighted by molar-refractivity contribution is 7.93. The zero-order valence-corrected chi connectivity index (χ0v) is 17.3. The Morgan fingerprint density at radius 3 is 2.19 bits per heavy atom. The van der Waals surface area contributed by atoms with Crippen molar-refractivity contribution in [3.8, 4) is 0 Å². The second kappa shape index (κ2) is 9.35. The van der Waals surface area contributed by atoms with Crippen LogP contribution in [0.5, 0.6) is 0 Å². The lowest BCUT2D eigenvalue weighted by molar-refractivity contribution is -0.137. The van der Waals surface area contributed by atoms with Gasteiger partial charge >= 0.3 is 21.7 Å². The maximum atomic E-state index is 12.7. The van der Waals surface area contributed by atoms with Gasteiger partial charge in [0.25, 0.3) is 0 Å². The van der Waals surface area contributed by atoms with Crippen LogP contribution in [0.4, 0.5) is 32.0 Å². The highest BCUT2D eigenvalue weighted by Gasteiger charge is 2.46. The van der Waals surface area contributed by atoms with Gasteiger partial charge in [0.05, 0.1) is 17.0 Å². The minimum absolute atomic E-state index is 0.0461. The van der Waals surface area contributed by atoms with Crippen molar-refractivity contribution in [1.29, 1.82) is 0 Å². The molecule has 0 bridgehead atoms. The molecule has 0 radical (unpaired) electrons. The number of sulfonamides is 1. The van der Waals surface area contributed by atoms with Crippen molar-refractivity contribution in [3.05, 3.63) is 64.2 Å². The molecule has 31 heavy (non-hydrogen) atoms. The van der Waals surface area contributed by atoms with Crippen molar-refractivity contribution in [2.75, 3.05) is 4.72 Å². The summed E-state index contributed by atoms with van der Waals surface area (Å²) in [6.07, 6.45) is -4.37. The summed E-state index contributed by atoms with van der Waals surface area (Å²) in [5.41, 5.74) is -6.41. The van der Waals surface area contributed by atoms with Crippen LogP contribution in [0.2, 0.25) is 5.02 Å². The van der Waals surface area contributed by atoms with Crippen molar-refractivity contribution in [2.45, 2.75) is 31.6 Å². The van der Waals surface area contributed by atoms with E-state index in [9.17, 15) is 34.8 Å². The van der Waals surface area contributed by atoms with E-state index in [-0.39, 0.29) is 29.3 Å². The fourth-order valence-corrected chi connectivity index (χ4v) is 3.08. The first-order valence-electron chi connectivity index (χ1n) is 8.48. The molecule has 0 fully saturated rings. The zero-order valence-electron chi connectivity index (χ0n) is 15.7. The number of oxime groups is 1. The Morgan fingerprint density at radius 2 is 1.68 bits per heavy atom. The first-order chi connectivity index (χ1) is 14.2. The van der Waals surface area contributed by atoms with Gasteiger partial charge in [-0.15, -0.1) is 0 Å². The third-order valence-corrected chi connectivity index (χ3v) is 5.20. The molecule has 0 saturated heterocycles. The molecule has 0 amide bonds. The number of nitrogens with zero attached hydrogens (tertiary/aromatic N) is 1. The molecule has 0 unspecified atom stereocenters. The van der Waals surface area contributed by atoms with E-state index in [4.69, 9.17) is 16.4 Å². The molecule has 0 heterocycles. The monoisotopic (exact) mass is 488 g/mol. The van der Waals surface area contributed by atoms with Gasteiger partial charge in [-0.05, 0) is 42.3 Å². The fourth-order valence-electron chi connectivity index (χ4n) is 2.33. The number of alkyl halides is 6. The van der Waals surface area contributed by atoms with Crippen LogP contribution in [0.25, 0.3) is 0 Å². The Labute approximate surface area is 178 Å². The normalized spacial score (nSPS) is 13.2. The maximum absolute atomic E-state index is 12.7. The molecule has 0 aromatic heterocycles. The highest BCUT2D eigenvalue weighted by atomic mass is 35.5. The van der Waals surface area contributed by atoms with Crippen LogP contribution in [-0.2, 0) is 27.6 Å². The number of halogens is 7. The molecule has 0 atom stereocenters. The van der Waals surface area contributed by atoms with E-state index in [0.29, 0.717) is 5.56 Å². The van der Waals surface area contributed by atoms with Crippen LogP contribution in [0, 0.1) is 0 Å². The van der Waals surface area contributed by atoms with Gasteiger partial charge in [0.15, 0.2) is 0 Å². The van der Waals surface area contributed by atoms with Gasteiger partial charge in [-0.2, -0.15) is 34.8 Å². The first-order valence-corrected chi connectivity index (χ1v) is 10.3. The van der Waals surface area contributed by atoms with Gasteiger partial charge in [-0.3, -0.25) is 4.72 Å². The number of hydrogen-bond acceptors (Lipinski definition) is 4. The quantitative estimate of drug-likeness (QED) is 0.297. The van der Waals surface area contributed by atoms with Crippen LogP contribution in [0.1, 0.15) is 30.0 Å². The lowest BCUT2D eigenvalue weighted by Gasteiger charge is -2.15. The van der Waals surface area contributed by atoms with Crippen molar-refractivity contribution in [3.63, 3.8) is 0 Å². The molecular weight excluding hydrogens is 474 g/mol. The lowest BCUT2D eigenvalue weighted by Crippen LogP contribution is -2.30. The number of rotatable bonds is 7. The predicted molar refractivity (Wildman–Crippen MR) is 103 cm³/mol. The van der Waals surface area contributed by atoms with E-state index < -0.39 is 33.0 Å². The van der Waals surface area contributed by atoms with Crippen LogP contribution in [-0.4, -0.2) is 19.6 Å². The Hall–Kier alpha value is -2.47. The van der Waals surface area contributed by atoms with Gasteiger partial charge < -0.3 is 4.84 Å². The molecule has 0 aliphatic heterocycles. The summed E-state index contributed by atoms with van der Waals surface area (Å²) in [4.78, 5) is 5.11. The number of anilines is 1. The summed E-state index contributed by atoms with van der Waals surface area (Å²) in [5, 5.41) is 3.90. The fraction of sp³-hybridized carbons (Fsp3) is 0.278. The smallest absolute Gasteiger partial charge is 0.391 e. The summed E-state index contributed by atoms with van der Waals surface area (Å²) >= 11 is 5.87. The average Bonchev–Trinajstić information content (AvgIpc) is 2.65. The van der Waals surface area contributed by atoms with Gasteiger partial charge in [0.2, 0.25) is 0 Å². The first kappa shape index (κ1) is 24.8. The molecule has 2 rings (SSSR count). The number of benzene rings is 2. The molecule has 0 aliphatic carbocycles. The molecular formula is C18H15ClF6N2O3S. The van der Waals surface area contributed by atoms with E-state index in [1.807, 2.05) is 0 Å². The minimum atomic E-state index is -5.69. The minimum Gasteiger partial charge on any atom is -0.391 e. The largest absolute Gasteiger partial charge is 0.516 e. The third-order valence-electron chi connectivity index (χ3n) is 3.86. The van der Waals surface area contributed by atoms with Crippen molar-refractivity contribution in [2.24, 2.45) is 5.16 Å². The topological polar surface area (TPSA) is 67.8 Å². The molecule has 0 saturated carbocycles. The van der Waals surface area contributed by atoms with E-state index in [0.717, 1.165) is 18.2 Å². The van der Waals surface area contributed by atoms with Gasteiger partial charge in [-0.25, -0.2) is 0 Å². The van der Waals surface area contributed by atoms with Crippen molar-refractivity contribution in [1.82, 2.24) is 0 Å². The highest BCUT2D eigenvalue weighted by Crippen LogP contribution is 2.30. The summed E-state index contributed by atoms with van der Waals surface area (Å²) in [5.74, 6) is 0.